The molecule has 1 atom stereocenters. The van der Waals surface area contributed by atoms with Gasteiger partial charge < -0.3 is 10.0 Å². The van der Waals surface area contributed by atoms with Crippen LogP contribution in [0.4, 0.5) is 5.95 Å². The fourth-order valence-electron chi connectivity index (χ4n) is 2.71. The van der Waals surface area contributed by atoms with Crippen molar-refractivity contribution in [3.63, 3.8) is 0 Å². The molecule has 4 nitrogen and oxygen atoms in total. The monoisotopic (exact) mass is 249 g/mol. The molecule has 100 valence electrons. The van der Waals surface area contributed by atoms with Gasteiger partial charge in [0.25, 0.3) is 0 Å². The first-order chi connectivity index (χ1) is 8.69. The van der Waals surface area contributed by atoms with E-state index in [-0.39, 0.29) is 0 Å². The SMILES string of the molecule is Cc1cc(C)nc(N2CCCC(CCCO)C2)n1. The van der Waals surface area contributed by atoms with E-state index in [9.17, 15) is 0 Å². The zero-order valence-corrected chi connectivity index (χ0v) is 11.4. The number of anilines is 1. The number of hydrogen-bond acceptors (Lipinski definition) is 4. The van der Waals surface area contributed by atoms with E-state index in [1.54, 1.807) is 0 Å². The van der Waals surface area contributed by atoms with Crippen LogP contribution in [0.25, 0.3) is 0 Å². The van der Waals surface area contributed by atoms with E-state index in [4.69, 9.17) is 5.11 Å². The Morgan fingerprint density at radius 2 is 2.06 bits per heavy atom. The normalized spacial score (nSPS) is 20.2. The van der Waals surface area contributed by atoms with Crippen molar-refractivity contribution in [3.8, 4) is 0 Å². The van der Waals surface area contributed by atoms with Gasteiger partial charge in [-0.2, -0.15) is 0 Å². The number of nitrogens with zero attached hydrogens (tertiary/aromatic N) is 3. The number of aliphatic hydroxyl groups is 1. The number of piperidine rings is 1. The quantitative estimate of drug-likeness (QED) is 0.887. The van der Waals surface area contributed by atoms with Gasteiger partial charge in [-0.15, -0.1) is 0 Å². The van der Waals surface area contributed by atoms with Crippen LogP contribution in [-0.2, 0) is 0 Å². The molecule has 0 amide bonds. The summed E-state index contributed by atoms with van der Waals surface area (Å²) in [6.45, 7) is 6.43. The van der Waals surface area contributed by atoms with Crippen molar-refractivity contribution in [2.75, 3.05) is 24.6 Å². The van der Waals surface area contributed by atoms with E-state index in [0.29, 0.717) is 12.5 Å². The van der Waals surface area contributed by atoms with Crippen molar-refractivity contribution in [1.29, 1.82) is 0 Å². The minimum atomic E-state index is 0.302. The Balaban J connectivity index is 2.03. The van der Waals surface area contributed by atoms with Crippen LogP contribution >= 0.6 is 0 Å². The van der Waals surface area contributed by atoms with E-state index in [0.717, 1.165) is 43.3 Å². The fraction of sp³-hybridized carbons (Fsp3) is 0.714. The highest BCUT2D eigenvalue weighted by Crippen LogP contribution is 2.23. The smallest absolute Gasteiger partial charge is 0.225 e. The molecule has 4 heteroatoms. The highest BCUT2D eigenvalue weighted by molar-refractivity contribution is 5.32. The lowest BCUT2D eigenvalue weighted by Gasteiger charge is -2.33. The predicted molar refractivity (Wildman–Crippen MR) is 72.8 cm³/mol. The Hall–Kier alpha value is -1.16. The molecular formula is C14H23N3O. The summed E-state index contributed by atoms with van der Waals surface area (Å²) in [4.78, 5) is 11.4. The molecule has 0 saturated carbocycles. The summed E-state index contributed by atoms with van der Waals surface area (Å²) < 4.78 is 0. The summed E-state index contributed by atoms with van der Waals surface area (Å²) in [5, 5.41) is 8.91. The molecule has 1 aromatic rings. The van der Waals surface area contributed by atoms with Crippen molar-refractivity contribution in [2.45, 2.75) is 39.5 Å². The lowest BCUT2D eigenvalue weighted by Crippen LogP contribution is -2.36. The van der Waals surface area contributed by atoms with Crippen molar-refractivity contribution in [3.05, 3.63) is 17.5 Å². The van der Waals surface area contributed by atoms with E-state index < -0.39 is 0 Å². The van der Waals surface area contributed by atoms with Crippen LogP contribution in [0, 0.1) is 19.8 Å². The number of rotatable bonds is 4. The van der Waals surface area contributed by atoms with Gasteiger partial charge in [-0.05, 0) is 51.5 Å². The molecule has 0 aliphatic carbocycles. The zero-order chi connectivity index (χ0) is 13.0. The van der Waals surface area contributed by atoms with Gasteiger partial charge >= 0.3 is 0 Å². The average molecular weight is 249 g/mol. The van der Waals surface area contributed by atoms with Gasteiger partial charge in [0.1, 0.15) is 0 Å². The Morgan fingerprint density at radius 3 is 2.72 bits per heavy atom. The molecule has 2 rings (SSSR count). The van der Waals surface area contributed by atoms with Gasteiger partial charge in [-0.25, -0.2) is 9.97 Å². The Morgan fingerprint density at radius 1 is 1.33 bits per heavy atom. The van der Waals surface area contributed by atoms with Gasteiger partial charge in [0.2, 0.25) is 5.95 Å². The topological polar surface area (TPSA) is 49.2 Å². The summed E-state index contributed by atoms with van der Waals surface area (Å²) in [6, 6.07) is 2.01. The van der Waals surface area contributed by atoms with Crippen LogP contribution in [0.3, 0.4) is 0 Å². The number of hydrogen-bond donors (Lipinski definition) is 1. The molecule has 0 bridgehead atoms. The third-order valence-corrected chi connectivity index (χ3v) is 3.54. The Bertz CT molecular complexity index is 374. The largest absolute Gasteiger partial charge is 0.396 e. The molecular weight excluding hydrogens is 226 g/mol. The third-order valence-electron chi connectivity index (χ3n) is 3.54. The van der Waals surface area contributed by atoms with Crippen LogP contribution in [0.1, 0.15) is 37.1 Å². The van der Waals surface area contributed by atoms with Crippen LogP contribution < -0.4 is 4.90 Å². The van der Waals surface area contributed by atoms with Crippen molar-refractivity contribution in [2.24, 2.45) is 5.92 Å². The van der Waals surface area contributed by atoms with E-state index in [1.807, 2.05) is 19.9 Å². The molecule has 1 aromatic heterocycles. The first-order valence-corrected chi connectivity index (χ1v) is 6.87. The predicted octanol–water partition coefficient (Wildman–Crippen LogP) is 2.08. The summed E-state index contributed by atoms with van der Waals surface area (Å²) >= 11 is 0. The molecule has 1 fully saturated rings. The minimum absolute atomic E-state index is 0.302. The second kappa shape index (κ2) is 6.14. The van der Waals surface area contributed by atoms with Crippen LogP contribution in [0.5, 0.6) is 0 Å². The maximum absolute atomic E-state index is 8.91. The maximum atomic E-state index is 8.91. The Labute approximate surface area is 109 Å². The van der Waals surface area contributed by atoms with Gasteiger partial charge in [-0.1, -0.05) is 0 Å². The van der Waals surface area contributed by atoms with Crippen LogP contribution in [0.2, 0.25) is 0 Å². The summed E-state index contributed by atoms with van der Waals surface area (Å²) in [7, 11) is 0. The van der Waals surface area contributed by atoms with Gasteiger partial charge in [0.05, 0.1) is 0 Å². The summed E-state index contributed by atoms with van der Waals surface area (Å²) in [5.74, 6) is 1.55. The summed E-state index contributed by atoms with van der Waals surface area (Å²) in [5.41, 5.74) is 2.07. The zero-order valence-electron chi connectivity index (χ0n) is 11.4. The molecule has 1 N–H and O–H groups in total. The number of aliphatic hydroxyl groups excluding tert-OH is 1. The van der Waals surface area contributed by atoms with E-state index in [2.05, 4.69) is 14.9 Å². The minimum Gasteiger partial charge on any atom is -0.396 e. The average Bonchev–Trinajstić information content (AvgIpc) is 2.35. The molecule has 1 saturated heterocycles. The molecule has 0 spiro atoms. The molecule has 1 aliphatic heterocycles. The number of aryl methyl sites for hydroxylation is 2. The van der Waals surface area contributed by atoms with Gasteiger partial charge in [0.15, 0.2) is 0 Å². The molecule has 1 aliphatic rings. The van der Waals surface area contributed by atoms with Crippen molar-refractivity contribution < 1.29 is 5.11 Å². The highest BCUT2D eigenvalue weighted by Gasteiger charge is 2.21. The highest BCUT2D eigenvalue weighted by atomic mass is 16.2. The lowest BCUT2D eigenvalue weighted by atomic mass is 9.94. The Kier molecular flexibility index (Phi) is 4.53. The second-order valence-electron chi connectivity index (χ2n) is 5.27. The standard InChI is InChI=1S/C14H23N3O/c1-11-9-12(2)16-14(15-11)17-7-3-5-13(10-17)6-4-8-18/h9,13,18H,3-8,10H2,1-2H3. The van der Waals surface area contributed by atoms with Gasteiger partial charge in [-0.3, -0.25) is 0 Å². The molecule has 0 radical (unpaired) electrons. The van der Waals surface area contributed by atoms with E-state index >= 15 is 0 Å². The fourth-order valence-corrected chi connectivity index (χ4v) is 2.71. The van der Waals surface area contributed by atoms with Crippen LogP contribution in [-0.4, -0.2) is 34.8 Å². The molecule has 0 aromatic carbocycles. The summed E-state index contributed by atoms with van der Waals surface area (Å²) in [6.07, 6.45) is 4.48. The van der Waals surface area contributed by atoms with E-state index in [1.165, 1.54) is 12.8 Å². The third kappa shape index (κ3) is 3.42. The maximum Gasteiger partial charge on any atom is 0.225 e. The lowest BCUT2D eigenvalue weighted by molar-refractivity contribution is 0.263. The molecule has 18 heavy (non-hydrogen) atoms. The first kappa shape index (κ1) is 13.3. The number of aromatic nitrogens is 2. The first-order valence-electron chi connectivity index (χ1n) is 6.87. The second-order valence-corrected chi connectivity index (χ2v) is 5.27. The molecule has 2 heterocycles. The van der Waals surface area contributed by atoms with Crippen LogP contribution in [0.15, 0.2) is 6.07 Å². The van der Waals surface area contributed by atoms with Crippen molar-refractivity contribution in [1.82, 2.24) is 9.97 Å². The molecule has 1 unspecified atom stereocenters. The van der Waals surface area contributed by atoms with Gasteiger partial charge in [0, 0.05) is 31.1 Å². The van der Waals surface area contributed by atoms with Crippen molar-refractivity contribution >= 4 is 5.95 Å².